The van der Waals surface area contributed by atoms with Crippen LogP contribution in [0.2, 0.25) is 0 Å². The summed E-state index contributed by atoms with van der Waals surface area (Å²) in [6.45, 7) is 3.71. The fourth-order valence-corrected chi connectivity index (χ4v) is 1.58. The first-order valence-electron chi connectivity index (χ1n) is 4.80. The summed E-state index contributed by atoms with van der Waals surface area (Å²) in [4.78, 5) is 0. The Morgan fingerprint density at radius 3 is 2.53 bits per heavy atom. The maximum atomic E-state index is 11.1. The monoisotopic (exact) mass is 259 g/mol. The smallest absolute Gasteiger partial charge is 0.368 e. The minimum atomic E-state index is -2.24. The Bertz CT molecular complexity index is 180. The molecule has 0 fully saturated rings. The van der Waals surface area contributed by atoms with Crippen LogP contribution in [-0.4, -0.2) is 30.2 Å². The summed E-state index contributed by atoms with van der Waals surface area (Å²) in [6, 6.07) is 0. The molecule has 0 amide bonds. The topological polar surface area (TPSA) is 65.0 Å². The molecule has 1 N–H and O–H groups in total. The molecular weight excluding hydrogens is 243 g/mol. The van der Waals surface area contributed by atoms with Gasteiger partial charge in [0.1, 0.15) is 6.61 Å². The van der Waals surface area contributed by atoms with E-state index in [0.717, 1.165) is 0 Å². The summed E-state index contributed by atoms with van der Waals surface area (Å²) in [5, 5.41) is 9.19. The Morgan fingerprint density at radius 2 is 2.07 bits per heavy atom. The van der Waals surface area contributed by atoms with Gasteiger partial charge in [0.05, 0.1) is 5.88 Å². The quantitative estimate of drug-likeness (QED) is 0.391. The van der Waals surface area contributed by atoms with Gasteiger partial charge in [0, 0.05) is 11.0 Å². The van der Waals surface area contributed by atoms with Crippen LogP contribution in [0.4, 0.5) is 0 Å². The standard InChI is InChI=1S/C8H17ClO5P/c1-3-7(10)13-8(4-2)14-15(11)12-6-5-9/h7-8,10H,3-6H2,1-2H3/q+1. The zero-order valence-electron chi connectivity index (χ0n) is 8.89. The number of hydrogen-bond acceptors (Lipinski definition) is 5. The van der Waals surface area contributed by atoms with Crippen LogP contribution in [0.5, 0.6) is 0 Å². The molecule has 0 aliphatic heterocycles. The summed E-state index contributed by atoms with van der Waals surface area (Å²) in [7, 11) is -2.24. The third-order valence-electron chi connectivity index (χ3n) is 1.47. The highest BCUT2D eigenvalue weighted by molar-refractivity contribution is 7.33. The normalized spacial score (nSPS) is 16.1. The van der Waals surface area contributed by atoms with E-state index in [0.29, 0.717) is 12.8 Å². The predicted molar refractivity (Wildman–Crippen MR) is 56.8 cm³/mol. The molecule has 0 radical (unpaired) electrons. The molecule has 0 saturated carbocycles. The van der Waals surface area contributed by atoms with E-state index in [1.165, 1.54) is 0 Å². The van der Waals surface area contributed by atoms with E-state index in [-0.39, 0.29) is 12.5 Å². The van der Waals surface area contributed by atoms with E-state index in [1.807, 2.05) is 0 Å². The first-order chi connectivity index (χ1) is 7.13. The number of aliphatic hydroxyl groups excluding tert-OH is 1. The van der Waals surface area contributed by atoms with Gasteiger partial charge in [-0.25, -0.2) is 0 Å². The molecule has 0 rings (SSSR count). The lowest BCUT2D eigenvalue weighted by Gasteiger charge is -2.13. The molecule has 0 aromatic carbocycles. The zero-order chi connectivity index (χ0) is 11.7. The maximum Gasteiger partial charge on any atom is 0.700 e. The van der Waals surface area contributed by atoms with Gasteiger partial charge in [-0.1, -0.05) is 18.4 Å². The van der Waals surface area contributed by atoms with Crippen molar-refractivity contribution in [3.8, 4) is 0 Å². The number of aliphatic hydroxyl groups is 1. The van der Waals surface area contributed by atoms with Crippen molar-refractivity contribution in [2.45, 2.75) is 39.3 Å². The molecule has 0 heterocycles. The van der Waals surface area contributed by atoms with Crippen LogP contribution in [0.25, 0.3) is 0 Å². The molecule has 0 aromatic heterocycles. The van der Waals surface area contributed by atoms with Gasteiger partial charge in [-0.05, 0) is 6.42 Å². The van der Waals surface area contributed by atoms with Crippen LogP contribution in [0.3, 0.4) is 0 Å². The predicted octanol–water partition coefficient (Wildman–Crippen LogP) is 2.40. The SMILES string of the molecule is CCC(O)OC(CC)O[P+](=O)OCCCl. The molecule has 3 unspecified atom stereocenters. The molecule has 15 heavy (non-hydrogen) atoms. The number of alkyl halides is 1. The molecule has 0 bridgehead atoms. The van der Waals surface area contributed by atoms with Gasteiger partial charge in [-0.15, -0.1) is 16.1 Å². The van der Waals surface area contributed by atoms with E-state index < -0.39 is 20.8 Å². The van der Waals surface area contributed by atoms with Gasteiger partial charge >= 0.3 is 8.25 Å². The van der Waals surface area contributed by atoms with E-state index in [9.17, 15) is 9.67 Å². The van der Waals surface area contributed by atoms with Crippen molar-refractivity contribution in [1.29, 1.82) is 0 Å². The minimum absolute atomic E-state index is 0.156. The van der Waals surface area contributed by atoms with Crippen molar-refractivity contribution >= 4 is 19.9 Å². The molecule has 90 valence electrons. The number of halogens is 1. The van der Waals surface area contributed by atoms with Crippen molar-refractivity contribution in [2.75, 3.05) is 12.5 Å². The molecule has 5 nitrogen and oxygen atoms in total. The maximum absolute atomic E-state index is 11.1. The third-order valence-corrected chi connectivity index (χ3v) is 2.42. The molecule has 3 atom stereocenters. The first-order valence-corrected chi connectivity index (χ1v) is 6.43. The van der Waals surface area contributed by atoms with Crippen molar-refractivity contribution in [2.24, 2.45) is 0 Å². The van der Waals surface area contributed by atoms with Gasteiger partial charge in [0.25, 0.3) is 0 Å². The lowest BCUT2D eigenvalue weighted by atomic mass is 10.4. The van der Waals surface area contributed by atoms with E-state index in [2.05, 4.69) is 0 Å². The molecule has 0 spiro atoms. The summed E-state index contributed by atoms with van der Waals surface area (Å²) in [5.41, 5.74) is 0. The fourth-order valence-electron chi connectivity index (χ4n) is 0.702. The average Bonchev–Trinajstić information content (AvgIpc) is 2.25. The number of rotatable bonds is 9. The zero-order valence-corrected chi connectivity index (χ0v) is 10.5. The number of ether oxygens (including phenoxy) is 1. The van der Waals surface area contributed by atoms with Gasteiger partial charge in [-0.3, -0.25) is 0 Å². The summed E-state index contributed by atoms with van der Waals surface area (Å²) >= 11 is 5.34. The fraction of sp³-hybridized carbons (Fsp3) is 1.00. The van der Waals surface area contributed by atoms with Gasteiger partial charge in [0.2, 0.25) is 6.29 Å². The molecule has 0 aromatic rings. The second-order valence-corrected chi connectivity index (χ2v) is 3.98. The second kappa shape index (κ2) is 9.46. The van der Waals surface area contributed by atoms with Crippen LogP contribution >= 0.6 is 19.9 Å². The molecule has 0 saturated heterocycles. The summed E-state index contributed by atoms with van der Waals surface area (Å²) in [6.07, 6.45) is -0.716. The van der Waals surface area contributed by atoms with Crippen LogP contribution < -0.4 is 0 Å². The van der Waals surface area contributed by atoms with E-state index in [4.69, 9.17) is 25.4 Å². The molecule has 7 heteroatoms. The lowest BCUT2D eigenvalue weighted by molar-refractivity contribution is -0.198. The third kappa shape index (κ3) is 8.08. The average molecular weight is 260 g/mol. The van der Waals surface area contributed by atoms with E-state index >= 15 is 0 Å². The Hall–Kier alpha value is 0.230. The van der Waals surface area contributed by atoms with Gasteiger partial charge in [-0.2, -0.15) is 0 Å². The van der Waals surface area contributed by atoms with Crippen LogP contribution in [-0.2, 0) is 18.3 Å². The lowest BCUT2D eigenvalue weighted by Crippen LogP contribution is -2.21. The van der Waals surface area contributed by atoms with Crippen LogP contribution in [0, 0.1) is 0 Å². The Kier molecular flexibility index (Phi) is 9.60. The van der Waals surface area contributed by atoms with Crippen molar-refractivity contribution in [1.82, 2.24) is 0 Å². The molecule has 0 aliphatic rings. The van der Waals surface area contributed by atoms with Crippen LogP contribution in [0.15, 0.2) is 0 Å². The van der Waals surface area contributed by atoms with Gasteiger partial charge < -0.3 is 9.84 Å². The summed E-state index contributed by atoms with van der Waals surface area (Å²) < 4.78 is 25.8. The highest BCUT2D eigenvalue weighted by atomic mass is 35.5. The van der Waals surface area contributed by atoms with E-state index in [1.54, 1.807) is 13.8 Å². The summed E-state index contributed by atoms with van der Waals surface area (Å²) in [5.74, 6) is 0.250. The molecule has 0 aliphatic carbocycles. The Labute approximate surface area is 95.6 Å². The Balaban J connectivity index is 3.82. The minimum Gasteiger partial charge on any atom is -0.368 e. The first kappa shape index (κ1) is 15.2. The van der Waals surface area contributed by atoms with Gasteiger partial charge in [0.15, 0.2) is 6.29 Å². The second-order valence-electron chi connectivity index (χ2n) is 2.69. The van der Waals surface area contributed by atoms with Crippen molar-refractivity contribution in [3.63, 3.8) is 0 Å². The van der Waals surface area contributed by atoms with Crippen LogP contribution in [0.1, 0.15) is 26.7 Å². The van der Waals surface area contributed by atoms with Crippen molar-refractivity contribution < 1.29 is 23.5 Å². The number of hydrogen-bond donors (Lipinski definition) is 1. The largest absolute Gasteiger partial charge is 0.700 e. The molecular formula is C8H17ClO5P+. The Morgan fingerprint density at radius 1 is 1.40 bits per heavy atom. The highest BCUT2D eigenvalue weighted by Crippen LogP contribution is 2.27. The van der Waals surface area contributed by atoms with Crippen molar-refractivity contribution in [3.05, 3.63) is 0 Å². The highest BCUT2D eigenvalue weighted by Gasteiger charge is 2.28.